The van der Waals surface area contributed by atoms with Gasteiger partial charge in [-0.3, -0.25) is 9.69 Å². The minimum atomic E-state index is 0. The van der Waals surface area contributed by atoms with Gasteiger partial charge in [-0.2, -0.15) is 0 Å². The fraction of sp³-hybridized carbons (Fsp3) is 0.588. The van der Waals surface area contributed by atoms with E-state index in [1.807, 2.05) is 25.2 Å². The Balaban J connectivity index is 0.00000242. The van der Waals surface area contributed by atoms with Crippen molar-refractivity contribution in [1.82, 2.24) is 10.2 Å². The van der Waals surface area contributed by atoms with Crippen LogP contribution >= 0.6 is 12.4 Å². The van der Waals surface area contributed by atoms with Gasteiger partial charge in [0.1, 0.15) is 0 Å². The first kappa shape index (κ1) is 18.9. The Labute approximate surface area is 140 Å². The van der Waals surface area contributed by atoms with E-state index in [2.05, 4.69) is 35.4 Å². The average Bonchev–Trinajstić information content (AvgIpc) is 2.47. The van der Waals surface area contributed by atoms with E-state index in [1.165, 1.54) is 12.0 Å². The summed E-state index contributed by atoms with van der Waals surface area (Å²) in [6.07, 6.45) is 2.35. The standard InChI is InChI=1S/C17H27N3O.ClH/c1-13(2)15-8-4-5-9-16(15)19-17(21)12-20-10-6-7-14(11-20)18-3;/h4-5,8-9,13-14,18H,6-7,10-12H2,1-3H3,(H,19,21);1H. The van der Waals surface area contributed by atoms with Crippen molar-refractivity contribution in [2.45, 2.75) is 38.6 Å². The number of carbonyl (C=O) groups is 1. The van der Waals surface area contributed by atoms with Gasteiger partial charge in [0.15, 0.2) is 0 Å². The number of para-hydroxylation sites is 1. The molecule has 2 rings (SSSR count). The summed E-state index contributed by atoms with van der Waals surface area (Å²) < 4.78 is 0. The number of halogens is 1. The molecular weight excluding hydrogens is 298 g/mol. The van der Waals surface area contributed by atoms with Gasteiger partial charge in [0.05, 0.1) is 6.54 Å². The van der Waals surface area contributed by atoms with Gasteiger partial charge < -0.3 is 10.6 Å². The minimum Gasteiger partial charge on any atom is -0.325 e. The molecule has 1 heterocycles. The summed E-state index contributed by atoms with van der Waals surface area (Å²) >= 11 is 0. The molecule has 0 radical (unpaired) electrons. The fourth-order valence-corrected chi connectivity index (χ4v) is 2.94. The van der Waals surface area contributed by atoms with Crippen LogP contribution in [0.2, 0.25) is 0 Å². The van der Waals surface area contributed by atoms with Crippen LogP contribution in [0.4, 0.5) is 5.69 Å². The van der Waals surface area contributed by atoms with Gasteiger partial charge in [0, 0.05) is 18.3 Å². The average molecular weight is 326 g/mol. The Bertz CT molecular complexity index is 479. The van der Waals surface area contributed by atoms with Gasteiger partial charge in [-0.1, -0.05) is 32.0 Å². The molecule has 1 aromatic carbocycles. The topological polar surface area (TPSA) is 44.4 Å². The monoisotopic (exact) mass is 325 g/mol. The fourth-order valence-electron chi connectivity index (χ4n) is 2.94. The van der Waals surface area contributed by atoms with E-state index in [0.29, 0.717) is 18.5 Å². The third-order valence-corrected chi connectivity index (χ3v) is 4.14. The van der Waals surface area contributed by atoms with Gasteiger partial charge in [0.2, 0.25) is 5.91 Å². The molecule has 5 heteroatoms. The second-order valence-electron chi connectivity index (χ2n) is 6.15. The number of anilines is 1. The van der Waals surface area contributed by atoms with E-state index in [4.69, 9.17) is 0 Å². The number of hydrogen-bond acceptors (Lipinski definition) is 3. The molecule has 0 aliphatic carbocycles. The zero-order valence-corrected chi connectivity index (χ0v) is 14.6. The summed E-state index contributed by atoms with van der Waals surface area (Å²) in [5.41, 5.74) is 2.14. The first-order valence-corrected chi connectivity index (χ1v) is 7.88. The number of amides is 1. The Morgan fingerprint density at radius 1 is 1.36 bits per heavy atom. The van der Waals surface area contributed by atoms with E-state index >= 15 is 0 Å². The lowest BCUT2D eigenvalue weighted by Crippen LogP contribution is -2.46. The van der Waals surface area contributed by atoms with Crippen molar-refractivity contribution in [1.29, 1.82) is 0 Å². The van der Waals surface area contributed by atoms with Crippen molar-refractivity contribution >= 4 is 24.0 Å². The number of piperidine rings is 1. The molecule has 1 saturated heterocycles. The molecule has 1 fully saturated rings. The molecule has 0 spiro atoms. The first-order chi connectivity index (χ1) is 10.1. The van der Waals surface area contributed by atoms with Crippen LogP contribution in [0.1, 0.15) is 38.2 Å². The Morgan fingerprint density at radius 2 is 2.09 bits per heavy atom. The van der Waals surface area contributed by atoms with Crippen molar-refractivity contribution in [3.63, 3.8) is 0 Å². The molecule has 124 valence electrons. The highest BCUT2D eigenvalue weighted by Gasteiger charge is 2.20. The van der Waals surface area contributed by atoms with Crippen LogP contribution in [0, 0.1) is 0 Å². The molecular formula is C17H28ClN3O. The van der Waals surface area contributed by atoms with Crippen LogP contribution in [0.15, 0.2) is 24.3 Å². The predicted octanol–water partition coefficient (Wildman–Crippen LogP) is 2.85. The number of rotatable bonds is 5. The van der Waals surface area contributed by atoms with Gasteiger partial charge in [-0.05, 0) is 44.0 Å². The van der Waals surface area contributed by atoms with Gasteiger partial charge >= 0.3 is 0 Å². The first-order valence-electron chi connectivity index (χ1n) is 7.88. The highest BCUT2D eigenvalue weighted by molar-refractivity contribution is 5.93. The largest absolute Gasteiger partial charge is 0.325 e. The Kier molecular flexibility index (Phi) is 7.87. The maximum absolute atomic E-state index is 12.3. The molecule has 1 aromatic rings. The second-order valence-corrected chi connectivity index (χ2v) is 6.15. The van der Waals surface area contributed by atoms with E-state index in [-0.39, 0.29) is 18.3 Å². The minimum absolute atomic E-state index is 0. The number of benzene rings is 1. The lowest BCUT2D eigenvalue weighted by Gasteiger charge is -2.32. The lowest BCUT2D eigenvalue weighted by atomic mass is 10.0. The van der Waals surface area contributed by atoms with Crippen LogP contribution in [-0.2, 0) is 4.79 Å². The van der Waals surface area contributed by atoms with Crippen molar-refractivity contribution in [3.8, 4) is 0 Å². The van der Waals surface area contributed by atoms with Crippen molar-refractivity contribution < 1.29 is 4.79 Å². The smallest absolute Gasteiger partial charge is 0.238 e. The summed E-state index contributed by atoms with van der Waals surface area (Å²) in [6, 6.07) is 8.57. The maximum Gasteiger partial charge on any atom is 0.238 e. The zero-order chi connectivity index (χ0) is 15.2. The van der Waals surface area contributed by atoms with Crippen LogP contribution in [0.25, 0.3) is 0 Å². The summed E-state index contributed by atoms with van der Waals surface area (Å²) in [7, 11) is 1.99. The van der Waals surface area contributed by atoms with Crippen LogP contribution in [0.5, 0.6) is 0 Å². The molecule has 0 saturated carbocycles. The van der Waals surface area contributed by atoms with Crippen molar-refractivity contribution in [2.75, 3.05) is 32.0 Å². The molecule has 0 aromatic heterocycles. The second kappa shape index (κ2) is 9.13. The zero-order valence-electron chi connectivity index (χ0n) is 13.8. The van der Waals surface area contributed by atoms with Crippen LogP contribution in [-0.4, -0.2) is 43.5 Å². The lowest BCUT2D eigenvalue weighted by molar-refractivity contribution is -0.117. The summed E-state index contributed by atoms with van der Waals surface area (Å²) in [6.45, 7) is 6.73. The summed E-state index contributed by atoms with van der Waals surface area (Å²) in [5, 5.41) is 6.38. The molecule has 1 unspecified atom stereocenters. The predicted molar refractivity (Wildman–Crippen MR) is 94.9 cm³/mol. The normalized spacial score (nSPS) is 18.8. The third-order valence-electron chi connectivity index (χ3n) is 4.14. The van der Waals surface area contributed by atoms with Crippen LogP contribution in [0.3, 0.4) is 0 Å². The molecule has 1 aliphatic rings. The van der Waals surface area contributed by atoms with Crippen molar-refractivity contribution in [3.05, 3.63) is 29.8 Å². The molecule has 1 atom stereocenters. The number of nitrogens with one attached hydrogen (secondary N) is 2. The number of carbonyl (C=O) groups excluding carboxylic acids is 1. The SMILES string of the molecule is CNC1CCCN(CC(=O)Nc2ccccc2C(C)C)C1.Cl. The third kappa shape index (κ3) is 5.27. The number of hydrogen-bond donors (Lipinski definition) is 2. The molecule has 1 amide bonds. The summed E-state index contributed by atoms with van der Waals surface area (Å²) in [4.78, 5) is 14.5. The molecule has 1 aliphatic heterocycles. The van der Waals surface area contributed by atoms with Gasteiger partial charge in [-0.25, -0.2) is 0 Å². The maximum atomic E-state index is 12.3. The van der Waals surface area contributed by atoms with E-state index in [0.717, 1.165) is 25.2 Å². The molecule has 0 bridgehead atoms. The highest BCUT2D eigenvalue weighted by atomic mass is 35.5. The van der Waals surface area contributed by atoms with E-state index in [9.17, 15) is 4.79 Å². The number of likely N-dealkylation sites (tertiary alicyclic amines) is 1. The number of nitrogens with zero attached hydrogens (tertiary/aromatic N) is 1. The molecule has 4 nitrogen and oxygen atoms in total. The Morgan fingerprint density at radius 3 is 2.77 bits per heavy atom. The molecule has 22 heavy (non-hydrogen) atoms. The van der Waals surface area contributed by atoms with Gasteiger partial charge in [-0.15, -0.1) is 12.4 Å². The van der Waals surface area contributed by atoms with Gasteiger partial charge in [0.25, 0.3) is 0 Å². The number of likely N-dealkylation sites (N-methyl/N-ethyl adjacent to an activating group) is 1. The van der Waals surface area contributed by atoms with Crippen molar-refractivity contribution in [2.24, 2.45) is 0 Å². The van der Waals surface area contributed by atoms with E-state index in [1.54, 1.807) is 0 Å². The van der Waals surface area contributed by atoms with Crippen LogP contribution < -0.4 is 10.6 Å². The molecule has 2 N–H and O–H groups in total. The highest BCUT2D eigenvalue weighted by Crippen LogP contribution is 2.23. The van der Waals surface area contributed by atoms with E-state index < -0.39 is 0 Å². The Hall–Kier alpha value is -1.10. The summed E-state index contributed by atoms with van der Waals surface area (Å²) in [5.74, 6) is 0.491. The quantitative estimate of drug-likeness (QED) is 0.875.